The van der Waals surface area contributed by atoms with Gasteiger partial charge in [-0.05, 0) is 59.6 Å². The molecule has 6 heteroatoms. The summed E-state index contributed by atoms with van der Waals surface area (Å²) in [5.41, 5.74) is 1.78. The molecule has 2 atom stereocenters. The molecule has 5 nitrogen and oxygen atoms in total. The molecule has 1 N–H and O–H groups in total. The Morgan fingerprint density at radius 1 is 1.46 bits per heavy atom. The smallest absolute Gasteiger partial charge is 0.408 e. The molecule has 3 rings (SSSR count). The van der Waals surface area contributed by atoms with E-state index in [9.17, 15) is 9.18 Å². The van der Waals surface area contributed by atoms with E-state index in [0.29, 0.717) is 12.0 Å². The van der Waals surface area contributed by atoms with Gasteiger partial charge >= 0.3 is 6.09 Å². The van der Waals surface area contributed by atoms with Crippen LogP contribution in [0.15, 0.2) is 12.1 Å². The first-order valence-electron chi connectivity index (χ1n) is 8.36. The number of carbonyl (C=O) groups excluding carboxylic acids is 1. The minimum atomic E-state index is -0.557. The van der Waals surface area contributed by atoms with Crippen LogP contribution >= 0.6 is 0 Å². The summed E-state index contributed by atoms with van der Waals surface area (Å²) in [5.74, 6) is 0.546. The minimum Gasteiger partial charge on any atom is -0.444 e. The Kier molecular flexibility index (Phi) is 4.01. The van der Waals surface area contributed by atoms with Crippen LogP contribution in [0, 0.1) is 5.82 Å². The first-order valence-corrected chi connectivity index (χ1v) is 8.36. The molecule has 0 bridgehead atoms. The van der Waals surface area contributed by atoms with Crippen molar-refractivity contribution in [3.05, 3.63) is 29.3 Å². The number of ether oxygens (including phenoxy) is 1. The summed E-state index contributed by atoms with van der Waals surface area (Å²) in [4.78, 5) is 16.7. The van der Waals surface area contributed by atoms with E-state index in [-0.39, 0.29) is 17.9 Å². The molecule has 0 spiro atoms. The SMILES string of the molecule is CC(NC(=O)OC(C)(C)C)c1nc2ccc(F)c3c2n1[C@@H](C)CC3. The Labute approximate surface area is 141 Å². The maximum absolute atomic E-state index is 14.1. The number of amides is 1. The van der Waals surface area contributed by atoms with Crippen LogP contribution < -0.4 is 5.32 Å². The molecule has 0 saturated carbocycles. The van der Waals surface area contributed by atoms with Crippen molar-refractivity contribution in [2.24, 2.45) is 0 Å². The maximum atomic E-state index is 14.1. The van der Waals surface area contributed by atoms with Crippen molar-refractivity contribution in [3.8, 4) is 0 Å². The van der Waals surface area contributed by atoms with Crippen LogP contribution in [-0.2, 0) is 11.2 Å². The van der Waals surface area contributed by atoms with Crippen LogP contribution in [0.1, 0.15) is 64.5 Å². The lowest BCUT2D eigenvalue weighted by atomic mass is 9.99. The molecule has 1 aromatic heterocycles. The number of aryl methyl sites for hydroxylation is 1. The molecule has 0 radical (unpaired) electrons. The molecule has 0 aliphatic carbocycles. The van der Waals surface area contributed by atoms with E-state index in [1.807, 2.05) is 27.7 Å². The molecule has 2 aromatic rings. The van der Waals surface area contributed by atoms with Gasteiger partial charge in [0.1, 0.15) is 17.2 Å². The number of carbonyl (C=O) groups is 1. The first kappa shape index (κ1) is 16.7. The van der Waals surface area contributed by atoms with Crippen molar-refractivity contribution in [2.75, 3.05) is 0 Å². The van der Waals surface area contributed by atoms with Gasteiger partial charge in [0, 0.05) is 11.6 Å². The number of hydrogen-bond acceptors (Lipinski definition) is 3. The van der Waals surface area contributed by atoms with Gasteiger partial charge in [0.15, 0.2) is 0 Å². The zero-order chi connectivity index (χ0) is 17.6. The summed E-state index contributed by atoms with van der Waals surface area (Å²) in [6, 6.07) is 3.05. The van der Waals surface area contributed by atoms with Gasteiger partial charge in [-0.15, -0.1) is 0 Å². The number of benzene rings is 1. The third-order valence-electron chi connectivity index (χ3n) is 4.30. The Balaban J connectivity index is 1.97. The van der Waals surface area contributed by atoms with E-state index in [2.05, 4.69) is 21.8 Å². The quantitative estimate of drug-likeness (QED) is 0.893. The fourth-order valence-corrected chi connectivity index (χ4v) is 3.27. The van der Waals surface area contributed by atoms with E-state index in [1.165, 1.54) is 6.07 Å². The average Bonchev–Trinajstić information content (AvgIpc) is 2.84. The summed E-state index contributed by atoms with van der Waals surface area (Å²) in [7, 11) is 0. The van der Waals surface area contributed by atoms with Gasteiger partial charge in [-0.25, -0.2) is 14.2 Å². The van der Waals surface area contributed by atoms with Crippen LogP contribution in [0.5, 0.6) is 0 Å². The molecular weight excluding hydrogens is 309 g/mol. The van der Waals surface area contributed by atoms with Gasteiger partial charge in [-0.2, -0.15) is 0 Å². The fraction of sp³-hybridized carbons (Fsp3) is 0.556. The van der Waals surface area contributed by atoms with Crippen LogP contribution in [0.2, 0.25) is 0 Å². The normalized spacial score (nSPS) is 18.5. The molecule has 1 aromatic carbocycles. The van der Waals surface area contributed by atoms with Gasteiger partial charge in [0.25, 0.3) is 0 Å². The Morgan fingerprint density at radius 2 is 2.17 bits per heavy atom. The highest BCUT2D eigenvalue weighted by Crippen LogP contribution is 2.35. The molecule has 130 valence electrons. The Bertz CT molecular complexity index is 792. The second-order valence-corrected chi connectivity index (χ2v) is 7.49. The van der Waals surface area contributed by atoms with Gasteiger partial charge in [0.2, 0.25) is 0 Å². The number of aromatic nitrogens is 2. The zero-order valence-corrected chi connectivity index (χ0v) is 14.8. The molecule has 1 aliphatic heterocycles. The van der Waals surface area contributed by atoms with Crippen molar-refractivity contribution >= 4 is 17.1 Å². The summed E-state index contributed by atoms with van der Waals surface area (Å²) in [5, 5.41) is 2.83. The monoisotopic (exact) mass is 333 g/mol. The third kappa shape index (κ3) is 2.97. The molecule has 24 heavy (non-hydrogen) atoms. The largest absolute Gasteiger partial charge is 0.444 e. The van der Waals surface area contributed by atoms with Crippen LogP contribution in [-0.4, -0.2) is 21.2 Å². The fourth-order valence-electron chi connectivity index (χ4n) is 3.27. The lowest BCUT2D eigenvalue weighted by molar-refractivity contribution is 0.0504. The molecule has 2 heterocycles. The second-order valence-electron chi connectivity index (χ2n) is 7.49. The lowest BCUT2D eigenvalue weighted by Gasteiger charge is -2.26. The van der Waals surface area contributed by atoms with Gasteiger partial charge in [0.05, 0.1) is 17.1 Å². The van der Waals surface area contributed by atoms with E-state index in [1.54, 1.807) is 6.07 Å². The lowest BCUT2D eigenvalue weighted by Crippen LogP contribution is -2.35. The first-order chi connectivity index (χ1) is 11.2. The van der Waals surface area contributed by atoms with E-state index in [4.69, 9.17) is 4.74 Å². The van der Waals surface area contributed by atoms with Crippen molar-refractivity contribution in [1.29, 1.82) is 0 Å². The number of nitrogens with zero attached hydrogens (tertiary/aromatic N) is 2. The number of hydrogen-bond donors (Lipinski definition) is 1. The van der Waals surface area contributed by atoms with E-state index in [0.717, 1.165) is 23.3 Å². The molecule has 0 fully saturated rings. The number of alkyl carbamates (subject to hydrolysis) is 1. The highest BCUT2D eigenvalue weighted by molar-refractivity contribution is 5.81. The summed E-state index contributed by atoms with van der Waals surface area (Å²) < 4.78 is 21.5. The van der Waals surface area contributed by atoms with E-state index < -0.39 is 11.7 Å². The summed E-state index contributed by atoms with van der Waals surface area (Å²) >= 11 is 0. The maximum Gasteiger partial charge on any atom is 0.408 e. The third-order valence-corrected chi connectivity index (χ3v) is 4.30. The minimum absolute atomic E-state index is 0.185. The number of halogens is 1. The van der Waals surface area contributed by atoms with Crippen molar-refractivity contribution in [3.63, 3.8) is 0 Å². The molecule has 1 aliphatic rings. The molecule has 0 saturated heterocycles. The predicted molar refractivity (Wildman–Crippen MR) is 90.5 cm³/mol. The number of imidazole rings is 1. The Hall–Kier alpha value is -2.11. The molecular formula is C18H24FN3O2. The summed E-state index contributed by atoms with van der Waals surface area (Å²) in [6.07, 6.45) is 1.08. The highest BCUT2D eigenvalue weighted by Gasteiger charge is 2.28. The molecule has 1 unspecified atom stereocenters. The average molecular weight is 333 g/mol. The predicted octanol–water partition coefficient (Wildman–Crippen LogP) is 4.27. The van der Waals surface area contributed by atoms with Crippen LogP contribution in [0.3, 0.4) is 0 Å². The van der Waals surface area contributed by atoms with Gasteiger partial charge in [-0.1, -0.05) is 0 Å². The zero-order valence-electron chi connectivity index (χ0n) is 14.8. The van der Waals surface area contributed by atoms with Crippen molar-refractivity contribution in [1.82, 2.24) is 14.9 Å². The van der Waals surface area contributed by atoms with Crippen LogP contribution in [0.4, 0.5) is 9.18 Å². The Morgan fingerprint density at radius 3 is 2.83 bits per heavy atom. The van der Waals surface area contributed by atoms with Crippen LogP contribution in [0.25, 0.3) is 11.0 Å². The van der Waals surface area contributed by atoms with E-state index >= 15 is 0 Å². The standard InChI is InChI=1S/C18H24FN3O2/c1-10-6-7-12-13(19)8-9-14-15(12)22(10)16(21-14)11(2)20-17(23)24-18(3,4)5/h8-11H,6-7H2,1-5H3,(H,20,23)/t10-,11?/m0/s1. The number of rotatable bonds is 2. The number of nitrogens with one attached hydrogen (secondary N) is 1. The molecule has 1 amide bonds. The highest BCUT2D eigenvalue weighted by atomic mass is 19.1. The topological polar surface area (TPSA) is 56.1 Å². The van der Waals surface area contributed by atoms with Gasteiger partial charge in [-0.3, -0.25) is 0 Å². The van der Waals surface area contributed by atoms with Crippen molar-refractivity contribution in [2.45, 2.75) is 65.1 Å². The van der Waals surface area contributed by atoms with Gasteiger partial charge < -0.3 is 14.6 Å². The summed E-state index contributed by atoms with van der Waals surface area (Å²) in [6.45, 7) is 9.43. The van der Waals surface area contributed by atoms with Crippen molar-refractivity contribution < 1.29 is 13.9 Å². The second kappa shape index (κ2) is 5.76.